The predicted molar refractivity (Wildman–Crippen MR) is 108 cm³/mol. The maximum absolute atomic E-state index is 9.76. The third kappa shape index (κ3) is 2.98. The minimum atomic E-state index is 0.533. The predicted octanol–water partition coefficient (Wildman–Crippen LogP) is 5.46. The van der Waals surface area contributed by atoms with Gasteiger partial charge in [0, 0.05) is 28.5 Å². The van der Waals surface area contributed by atoms with Crippen molar-refractivity contribution in [2.24, 2.45) is 13.0 Å². The minimum absolute atomic E-state index is 0.533. The molecule has 0 bridgehead atoms. The standard InChI is InChI=1S/C24H23N2O/c1-15(2)9-17-11-18(14-25)24-20-13-19(21-7-5-6-8-26(21)4)16(3)10-22(20)27-23(24)12-17/h5-8,10-13,15H,9H2,1-4H3/q+1. The Morgan fingerprint density at radius 1 is 1.11 bits per heavy atom. The molecule has 0 N–H and O–H groups in total. The maximum Gasteiger partial charge on any atom is 0.212 e. The molecule has 0 aliphatic heterocycles. The molecule has 2 aromatic carbocycles. The first kappa shape index (κ1) is 17.3. The van der Waals surface area contributed by atoms with Crippen molar-refractivity contribution >= 4 is 21.9 Å². The van der Waals surface area contributed by atoms with Crippen LogP contribution in [0.25, 0.3) is 33.2 Å². The third-order valence-corrected chi connectivity index (χ3v) is 5.07. The van der Waals surface area contributed by atoms with E-state index in [0.717, 1.165) is 50.7 Å². The monoisotopic (exact) mass is 355 g/mol. The summed E-state index contributed by atoms with van der Waals surface area (Å²) in [6, 6.07) is 16.9. The molecule has 4 aromatic rings. The highest BCUT2D eigenvalue weighted by Gasteiger charge is 2.18. The molecular weight excluding hydrogens is 332 g/mol. The van der Waals surface area contributed by atoms with Gasteiger partial charge in [0.15, 0.2) is 6.20 Å². The van der Waals surface area contributed by atoms with Crippen LogP contribution in [0.15, 0.2) is 53.1 Å². The van der Waals surface area contributed by atoms with Crippen LogP contribution < -0.4 is 4.57 Å². The lowest BCUT2D eigenvalue weighted by Gasteiger charge is -2.06. The van der Waals surface area contributed by atoms with Gasteiger partial charge in [-0.25, -0.2) is 4.57 Å². The van der Waals surface area contributed by atoms with E-state index in [1.807, 2.05) is 31.4 Å². The number of pyridine rings is 1. The molecule has 134 valence electrons. The topological polar surface area (TPSA) is 40.8 Å². The van der Waals surface area contributed by atoms with Gasteiger partial charge in [0.2, 0.25) is 5.69 Å². The molecule has 3 nitrogen and oxygen atoms in total. The van der Waals surface area contributed by atoms with E-state index >= 15 is 0 Å². The van der Waals surface area contributed by atoms with Crippen LogP contribution in [0.1, 0.15) is 30.5 Å². The second-order valence-electron chi connectivity index (χ2n) is 7.69. The molecule has 0 saturated carbocycles. The Balaban J connectivity index is 2.02. The van der Waals surface area contributed by atoms with Crippen LogP contribution in [0.2, 0.25) is 0 Å². The van der Waals surface area contributed by atoms with Crippen molar-refractivity contribution < 1.29 is 8.98 Å². The summed E-state index contributed by atoms with van der Waals surface area (Å²) in [6.45, 7) is 6.47. The fourth-order valence-electron chi connectivity index (χ4n) is 3.87. The fraction of sp³-hybridized carbons (Fsp3) is 0.250. The lowest BCUT2D eigenvalue weighted by Crippen LogP contribution is -2.30. The summed E-state index contributed by atoms with van der Waals surface area (Å²) in [4.78, 5) is 0. The number of benzene rings is 2. The quantitative estimate of drug-likeness (QED) is 0.458. The number of rotatable bonds is 3. The molecule has 2 heterocycles. The van der Waals surface area contributed by atoms with E-state index in [-0.39, 0.29) is 0 Å². The Labute approximate surface area is 159 Å². The molecule has 4 rings (SSSR count). The van der Waals surface area contributed by atoms with Gasteiger partial charge < -0.3 is 4.42 Å². The average molecular weight is 355 g/mol. The number of hydrogen-bond donors (Lipinski definition) is 0. The van der Waals surface area contributed by atoms with Gasteiger partial charge in [-0.2, -0.15) is 5.26 Å². The first-order valence-corrected chi connectivity index (χ1v) is 9.33. The molecule has 0 atom stereocenters. The van der Waals surface area contributed by atoms with Gasteiger partial charge in [-0.05, 0) is 60.7 Å². The van der Waals surface area contributed by atoms with Gasteiger partial charge in [0.25, 0.3) is 0 Å². The zero-order chi connectivity index (χ0) is 19.1. The van der Waals surface area contributed by atoms with E-state index in [2.05, 4.69) is 55.7 Å². The molecule has 0 aliphatic carbocycles. The number of aromatic nitrogens is 1. The molecule has 0 unspecified atom stereocenters. The van der Waals surface area contributed by atoms with Crippen molar-refractivity contribution in [1.29, 1.82) is 5.26 Å². The Morgan fingerprint density at radius 3 is 2.63 bits per heavy atom. The molecule has 0 spiro atoms. The Morgan fingerprint density at radius 2 is 1.93 bits per heavy atom. The third-order valence-electron chi connectivity index (χ3n) is 5.07. The van der Waals surface area contributed by atoms with Crippen LogP contribution in [-0.4, -0.2) is 0 Å². The highest BCUT2D eigenvalue weighted by atomic mass is 16.3. The molecule has 2 aromatic heterocycles. The summed E-state index contributed by atoms with van der Waals surface area (Å²) in [5, 5.41) is 11.7. The zero-order valence-corrected chi connectivity index (χ0v) is 16.2. The molecule has 3 heteroatoms. The summed E-state index contributed by atoms with van der Waals surface area (Å²) in [6.07, 6.45) is 2.98. The van der Waals surface area contributed by atoms with Crippen molar-refractivity contribution in [2.75, 3.05) is 0 Å². The van der Waals surface area contributed by atoms with Crippen molar-refractivity contribution in [3.63, 3.8) is 0 Å². The largest absolute Gasteiger partial charge is 0.456 e. The first-order valence-electron chi connectivity index (χ1n) is 9.33. The smallest absolute Gasteiger partial charge is 0.212 e. The van der Waals surface area contributed by atoms with Crippen molar-refractivity contribution in [3.05, 3.63) is 65.4 Å². The van der Waals surface area contributed by atoms with Gasteiger partial charge in [0.1, 0.15) is 18.2 Å². The number of fused-ring (bicyclic) bond motifs is 3. The summed E-state index contributed by atoms with van der Waals surface area (Å²) in [5.41, 5.74) is 6.93. The van der Waals surface area contributed by atoms with Crippen LogP contribution >= 0.6 is 0 Å². The van der Waals surface area contributed by atoms with E-state index < -0.39 is 0 Å². The van der Waals surface area contributed by atoms with E-state index in [1.165, 1.54) is 0 Å². The number of aryl methyl sites for hydroxylation is 2. The summed E-state index contributed by atoms with van der Waals surface area (Å²) in [7, 11) is 2.05. The summed E-state index contributed by atoms with van der Waals surface area (Å²) < 4.78 is 8.27. The maximum atomic E-state index is 9.76. The van der Waals surface area contributed by atoms with E-state index in [4.69, 9.17) is 4.42 Å². The normalized spacial score (nSPS) is 11.4. The van der Waals surface area contributed by atoms with Gasteiger partial charge in [0.05, 0.1) is 11.6 Å². The van der Waals surface area contributed by atoms with Gasteiger partial charge in [-0.3, -0.25) is 0 Å². The highest BCUT2D eigenvalue weighted by molar-refractivity contribution is 6.09. The Kier molecular flexibility index (Phi) is 4.20. The van der Waals surface area contributed by atoms with E-state index in [9.17, 15) is 5.26 Å². The molecule has 0 aliphatic rings. The average Bonchev–Trinajstić information content (AvgIpc) is 2.97. The molecule has 0 saturated heterocycles. The number of hydrogen-bond acceptors (Lipinski definition) is 2. The second kappa shape index (κ2) is 6.55. The first-order chi connectivity index (χ1) is 13.0. The Bertz CT molecular complexity index is 1210. The van der Waals surface area contributed by atoms with Crippen molar-refractivity contribution in [3.8, 4) is 17.3 Å². The second-order valence-corrected chi connectivity index (χ2v) is 7.69. The molecule has 27 heavy (non-hydrogen) atoms. The summed E-state index contributed by atoms with van der Waals surface area (Å²) >= 11 is 0. The highest BCUT2D eigenvalue weighted by Crippen LogP contribution is 2.36. The molecule has 0 fully saturated rings. The van der Waals surface area contributed by atoms with Gasteiger partial charge in [-0.15, -0.1) is 0 Å². The Hall–Kier alpha value is -3.12. The van der Waals surface area contributed by atoms with Crippen LogP contribution in [0, 0.1) is 24.2 Å². The van der Waals surface area contributed by atoms with Gasteiger partial charge >= 0.3 is 0 Å². The van der Waals surface area contributed by atoms with Crippen LogP contribution in [-0.2, 0) is 13.5 Å². The fourth-order valence-corrected chi connectivity index (χ4v) is 3.87. The lowest BCUT2D eigenvalue weighted by atomic mass is 9.96. The van der Waals surface area contributed by atoms with Crippen molar-refractivity contribution in [2.45, 2.75) is 27.2 Å². The van der Waals surface area contributed by atoms with Crippen molar-refractivity contribution in [1.82, 2.24) is 0 Å². The van der Waals surface area contributed by atoms with E-state index in [0.29, 0.717) is 11.5 Å². The minimum Gasteiger partial charge on any atom is -0.456 e. The van der Waals surface area contributed by atoms with Gasteiger partial charge in [-0.1, -0.05) is 13.8 Å². The summed E-state index contributed by atoms with van der Waals surface area (Å²) in [5.74, 6) is 0.533. The zero-order valence-electron chi connectivity index (χ0n) is 16.2. The molecule has 0 amide bonds. The molecule has 0 radical (unpaired) electrons. The number of nitriles is 1. The van der Waals surface area contributed by atoms with Crippen LogP contribution in [0.3, 0.4) is 0 Å². The van der Waals surface area contributed by atoms with E-state index in [1.54, 1.807) is 0 Å². The lowest BCUT2D eigenvalue weighted by molar-refractivity contribution is -0.660. The SMILES string of the molecule is Cc1cc2oc3cc(CC(C)C)cc(C#N)c3c2cc1-c1cccc[n+]1C. The van der Waals surface area contributed by atoms with Crippen LogP contribution in [0.5, 0.6) is 0 Å². The number of furan rings is 1. The molecular formula is C24H23N2O+. The number of nitrogens with zero attached hydrogens (tertiary/aromatic N) is 2. The van der Waals surface area contributed by atoms with Crippen LogP contribution in [0.4, 0.5) is 0 Å².